The maximum Gasteiger partial charge on any atom is 0.387 e. The van der Waals surface area contributed by atoms with E-state index in [1.807, 2.05) is 6.07 Å². The molecule has 29 heavy (non-hydrogen) atoms. The molecule has 2 heterocycles. The van der Waals surface area contributed by atoms with Gasteiger partial charge in [0.15, 0.2) is 0 Å². The highest BCUT2D eigenvalue weighted by atomic mass is 19.3. The summed E-state index contributed by atoms with van der Waals surface area (Å²) in [4.78, 5) is 37.0. The second-order valence-corrected chi connectivity index (χ2v) is 6.48. The van der Waals surface area contributed by atoms with Crippen molar-refractivity contribution in [1.82, 2.24) is 14.5 Å². The summed E-state index contributed by atoms with van der Waals surface area (Å²) in [6, 6.07) is 7.83. The lowest BCUT2D eigenvalue weighted by Crippen LogP contribution is -2.45. The maximum atomic E-state index is 12.5. The number of carbonyl (C=O) groups is 1. The first kappa shape index (κ1) is 20.3. The summed E-state index contributed by atoms with van der Waals surface area (Å²) in [5.74, 6) is -0.498. The van der Waals surface area contributed by atoms with Crippen LogP contribution in [0.2, 0.25) is 0 Å². The zero-order valence-electron chi connectivity index (χ0n) is 15.4. The molecule has 2 aromatic rings. The van der Waals surface area contributed by atoms with Gasteiger partial charge in [0.25, 0.3) is 5.56 Å². The number of rotatable bonds is 7. The van der Waals surface area contributed by atoms with Crippen molar-refractivity contribution in [3.05, 3.63) is 61.9 Å². The van der Waals surface area contributed by atoms with Gasteiger partial charge in [0.05, 0.1) is 0 Å². The Bertz CT molecular complexity index is 1070. The highest BCUT2D eigenvalue weighted by molar-refractivity contribution is 5.75. The summed E-state index contributed by atoms with van der Waals surface area (Å²) < 4.78 is 30.7. The molecule has 1 aromatic heterocycles. The van der Waals surface area contributed by atoms with Gasteiger partial charge in [0.2, 0.25) is 5.91 Å². The smallest absolute Gasteiger partial charge is 0.387 e. The fraction of sp³-hybridized carbons (Fsp3) is 0.368. The van der Waals surface area contributed by atoms with Crippen LogP contribution in [0.25, 0.3) is 0 Å². The van der Waals surface area contributed by atoms with Crippen LogP contribution >= 0.6 is 0 Å². The largest absolute Gasteiger partial charge is 0.435 e. The van der Waals surface area contributed by atoms with E-state index in [1.54, 1.807) is 12.1 Å². The van der Waals surface area contributed by atoms with Gasteiger partial charge in [-0.25, -0.2) is 9.36 Å². The van der Waals surface area contributed by atoms with E-state index in [0.717, 1.165) is 10.1 Å². The van der Waals surface area contributed by atoms with Gasteiger partial charge < -0.3 is 10.1 Å². The standard InChI is InChI=1S/C19H18F2N4O4/c20-18(21)29-13-5-3-12(4-6-13)7-8-23-16(26)11-25-17(27)14(10-22)15-2-1-9-24(15)19(25)28/h3-6,18H,1-2,7-9,11H2,(H,23,26). The molecule has 1 aliphatic rings. The quantitative estimate of drug-likeness (QED) is 0.734. The molecule has 0 bridgehead atoms. The van der Waals surface area contributed by atoms with E-state index >= 15 is 0 Å². The van der Waals surface area contributed by atoms with E-state index in [4.69, 9.17) is 0 Å². The van der Waals surface area contributed by atoms with Crippen molar-refractivity contribution < 1.29 is 18.3 Å². The van der Waals surface area contributed by atoms with Gasteiger partial charge in [-0.2, -0.15) is 14.0 Å². The van der Waals surface area contributed by atoms with Crippen molar-refractivity contribution in [2.45, 2.75) is 39.0 Å². The van der Waals surface area contributed by atoms with Gasteiger partial charge in [0.1, 0.15) is 23.9 Å². The van der Waals surface area contributed by atoms with Gasteiger partial charge in [-0.15, -0.1) is 0 Å². The second-order valence-electron chi connectivity index (χ2n) is 6.48. The highest BCUT2D eigenvalue weighted by Gasteiger charge is 2.23. The Balaban J connectivity index is 1.61. The summed E-state index contributed by atoms with van der Waals surface area (Å²) in [6.07, 6.45) is 1.57. The molecule has 3 rings (SSSR count). The molecule has 152 valence electrons. The molecule has 10 heteroatoms. The Hall–Kier alpha value is -3.48. The predicted octanol–water partition coefficient (Wildman–Crippen LogP) is 0.788. The third kappa shape index (κ3) is 4.51. The van der Waals surface area contributed by atoms with E-state index in [1.165, 1.54) is 16.7 Å². The molecule has 1 N–H and O–H groups in total. The van der Waals surface area contributed by atoms with E-state index in [9.17, 15) is 28.4 Å². The minimum atomic E-state index is -2.90. The second kappa shape index (κ2) is 8.68. The van der Waals surface area contributed by atoms with Crippen molar-refractivity contribution in [1.29, 1.82) is 5.26 Å². The Morgan fingerprint density at radius 1 is 1.28 bits per heavy atom. The van der Waals surface area contributed by atoms with Crippen LogP contribution in [0.5, 0.6) is 5.75 Å². The van der Waals surface area contributed by atoms with Gasteiger partial charge in [-0.05, 0) is 37.0 Å². The van der Waals surface area contributed by atoms with Gasteiger partial charge in [-0.3, -0.25) is 14.2 Å². The molecule has 0 saturated carbocycles. The number of hydrogen-bond donors (Lipinski definition) is 1. The fourth-order valence-electron chi connectivity index (χ4n) is 3.27. The monoisotopic (exact) mass is 404 g/mol. The van der Waals surface area contributed by atoms with E-state index in [0.29, 0.717) is 31.5 Å². The number of nitriles is 1. The lowest BCUT2D eigenvalue weighted by molar-refractivity contribution is -0.121. The maximum absolute atomic E-state index is 12.5. The summed E-state index contributed by atoms with van der Waals surface area (Å²) in [5, 5.41) is 11.8. The SMILES string of the molecule is N#Cc1c2n(c(=O)n(CC(=O)NCCc3ccc(OC(F)F)cc3)c1=O)CCC2. The minimum Gasteiger partial charge on any atom is -0.435 e. The molecule has 0 saturated heterocycles. The normalized spacial score (nSPS) is 12.5. The van der Waals surface area contributed by atoms with Crippen molar-refractivity contribution in [3.63, 3.8) is 0 Å². The Morgan fingerprint density at radius 3 is 2.66 bits per heavy atom. The Labute approximate surface area is 163 Å². The number of hydrogen-bond acceptors (Lipinski definition) is 5. The van der Waals surface area contributed by atoms with E-state index in [-0.39, 0.29) is 17.9 Å². The molecule has 0 fully saturated rings. The van der Waals surface area contributed by atoms with Crippen LogP contribution in [0.1, 0.15) is 23.2 Å². The molecule has 0 spiro atoms. The summed E-state index contributed by atoms with van der Waals surface area (Å²) in [5.41, 5.74) is -0.227. The first-order valence-corrected chi connectivity index (χ1v) is 8.97. The Kier molecular flexibility index (Phi) is 6.07. The van der Waals surface area contributed by atoms with E-state index < -0.39 is 30.3 Å². The highest BCUT2D eigenvalue weighted by Crippen LogP contribution is 2.15. The number of nitrogens with one attached hydrogen (secondary N) is 1. The molecule has 1 aromatic carbocycles. The van der Waals surface area contributed by atoms with Crippen LogP contribution in [-0.4, -0.2) is 28.2 Å². The van der Waals surface area contributed by atoms with Crippen molar-refractivity contribution >= 4 is 5.91 Å². The van der Waals surface area contributed by atoms with Crippen molar-refractivity contribution in [2.75, 3.05) is 6.54 Å². The van der Waals surface area contributed by atoms with Crippen LogP contribution < -0.4 is 21.3 Å². The molecule has 0 unspecified atom stereocenters. The van der Waals surface area contributed by atoms with Crippen LogP contribution in [-0.2, 0) is 30.7 Å². The molecule has 0 atom stereocenters. The molecule has 8 nitrogen and oxygen atoms in total. The summed E-state index contributed by atoms with van der Waals surface area (Å²) in [7, 11) is 0. The van der Waals surface area contributed by atoms with Crippen LogP contribution in [0, 0.1) is 11.3 Å². The average Bonchev–Trinajstić information content (AvgIpc) is 3.16. The van der Waals surface area contributed by atoms with Gasteiger partial charge >= 0.3 is 12.3 Å². The molecule has 1 aliphatic heterocycles. The van der Waals surface area contributed by atoms with Crippen LogP contribution in [0.4, 0.5) is 8.78 Å². The number of halogens is 2. The van der Waals surface area contributed by atoms with Gasteiger partial charge in [-0.1, -0.05) is 12.1 Å². The summed E-state index contributed by atoms with van der Waals surface area (Å²) >= 11 is 0. The fourth-order valence-corrected chi connectivity index (χ4v) is 3.27. The zero-order valence-corrected chi connectivity index (χ0v) is 15.4. The molecule has 0 radical (unpaired) electrons. The topological polar surface area (TPSA) is 106 Å². The first-order chi connectivity index (χ1) is 13.9. The van der Waals surface area contributed by atoms with E-state index in [2.05, 4.69) is 10.1 Å². The number of ether oxygens (including phenoxy) is 1. The van der Waals surface area contributed by atoms with Gasteiger partial charge in [0, 0.05) is 18.8 Å². The van der Waals surface area contributed by atoms with Crippen molar-refractivity contribution in [2.24, 2.45) is 0 Å². The number of aromatic nitrogens is 2. The zero-order chi connectivity index (χ0) is 21.0. The van der Waals surface area contributed by atoms with Crippen LogP contribution in [0.15, 0.2) is 33.9 Å². The molecule has 1 amide bonds. The first-order valence-electron chi connectivity index (χ1n) is 8.97. The number of alkyl halides is 2. The van der Waals surface area contributed by atoms with Crippen LogP contribution in [0.3, 0.4) is 0 Å². The molecular weight excluding hydrogens is 386 g/mol. The lowest BCUT2D eigenvalue weighted by Gasteiger charge is -2.11. The third-order valence-corrected chi connectivity index (χ3v) is 4.63. The number of nitrogens with zero attached hydrogens (tertiary/aromatic N) is 3. The number of amides is 1. The number of fused-ring (bicyclic) bond motifs is 1. The molecule has 0 aliphatic carbocycles. The summed E-state index contributed by atoms with van der Waals surface area (Å²) in [6.45, 7) is -2.74. The third-order valence-electron chi connectivity index (χ3n) is 4.63. The van der Waals surface area contributed by atoms with Crippen molar-refractivity contribution in [3.8, 4) is 11.8 Å². The molecular formula is C19H18F2N4O4. The number of carbonyl (C=O) groups excluding carboxylic acids is 1. The average molecular weight is 404 g/mol. The lowest BCUT2D eigenvalue weighted by atomic mass is 10.1. The Morgan fingerprint density at radius 2 is 2.00 bits per heavy atom. The predicted molar refractivity (Wildman–Crippen MR) is 97.8 cm³/mol. The number of benzene rings is 1. The minimum absolute atomic E-state index is 0.0394.